The predicted molar refractivity (Wildman–Crippen MR) is 74.3 cm³/mol. The molecule has 1 aromatic carbocycles. The molecule has 84 valence electrons. The van der Waals surface area contributed by atoms with Gasteiger partial charge in [-0.25, -0.2) is 4.98 Å². The zero-order valence-corrected chi connectivity index (χ0v) is 12.2. The predicted octanol–water partition coefficient (Wildman–Crippen LogP) is 4.26. The summed E-state index contributed by atoms with van der Waals surface area (Å²) in [5.74, 6) is 0. The third-order valence-corrected chi connectivity index (χ3v) is 5.15. The number of aromatic nitrogens is 1. The fourth-order valence-electron chi connectivity index (χ4n) is 1.22. The van der Waals surface area contributed by atoms with Crippen molar-refractivity contribution in [3.63, 3.8) is 0 Å². The maximum absolute atomic E-state index is 5.83. The minimum atomic E-state index is 0.812. The van der Waals surface area contributed by atoms with E-state index in [1.165, 1.54) is 0 Å². The van der Waals surface area contributed by atoms with E-state index in [0.29, 0.717) is 0 Å². The van der Waals surface area contributed by atoms with Crippen molar-refractivity contribution >= 4 is 44.7 Å². The summed E-state index contributed by atoms with van der Waals surface area (Å²) >= 11 is 6.85. The number of anilines is 1. The van der Waals surface area contributed by atoms with Crippen molar-refractivity contribution in [2.75, 3.05) is 5.73 Å². The van der Waals surface area contributed by atoms with Gasteiger partial charge in [0.05, 0.1) is 0 Å². The van der Waals surface area contributed by atoms with Crippen LogP contribution in [0.2, 0.25) is 0 Å². The van der Waals surface area contributed by atoms with E-state index in [1.54, 1.807) is 23.1 Å². The molecule has 0 bridgehead atoms. The van der Waals surface area contributed by atoms with Gasteiger partial charge in [-0.2, -0.15) is 0 Å². The Morgan fingerprint density at radius 3 is 2.75 bits per heavy atom. The van der Waals surface area contributed by atoms with Crippen LogP contribution in [0.5, 0.6) is 0 Å². The lowest BCUT2D eigenvalue weighted by molar-refractivity contribution is 1.16. The fraction of sp³-hybridized carbons (Fsp3) is 0.182. The molecule has 0 amide bonds. The van der Waals surface area contributed by atoms with E-state index < -0.39 is 0 Å². The fourth-order valence-corrected chi connectivity index (χ4v) is 3.72. The first kappa shape index (κ1) is 12.0. The van der Waals surface area contributed by atoms with Gasteiger partial charge in [-0.1, -0.05) is 11.8 Å². The van der Waals surface area contributed by atoms with Crippen molar-refractivity contribution in [2.24, 2.45) is 0 Å². The molecule has 0 aliphatic carbocycles. The van der Waals surface area contributed by atoms with E-state index in [-0.39, 0.29) is 0 Å². The maximum Gasteiger partial charge on any atom is 0.154 e. The van der Waals surface area contributed by atoms with Crippen LogP contribution in [-0.2, 0) is 0 Å². The minimum absolute atomic E-state index is 0.812. The molecular weight excluding hydrogens is 304 g/mol. The summed E-state index contributed by atoms with van der Waals surface area (Å²) in [5, 5.41) is 2.06. The van der Waals surface area contributed by atoms with Crippen molar-refractivity contribution in [3.8, 4) is 0 Å². The number of nitrogen functional groups attached to an aromatic ring is 1. The highest BCUT2D eigenvalue weighted by molar-refractivity contribution is 9.10. The molecule has 2 nitrogen and oxygen atoms in total. The number of nitrogens with two attached hydrogens (primary N) is 1. The lowest BCUT2D eigenvalue weighted by Gasteiger charge is -2.06. The summed E-state index contributed by atoms with van der Waals surface area (Å²) in [6, 6.07) is 4.03. The SMILES string of the molecule is Cc1csc(Sc2cc(C)c(N)cc2Br)n1. The highest BCUT2D eigenvalue weighted by Crippen LogP contribution is 2.37. The van der Waals surface area contributed by atoms with E-state index in [9.17, 15) is 0 Å². The molecule has 2 aromatic rings. The number of benzene rings is 1. The number of nitrogens with zero attached hydrogens (tertiary/aromatic N) is 1. The van der Waals surface area contributed by atoms with Gasteiger partial charge in [0.15, 0.2) is 4.34 Å². The summed E-state index contributed by atoms with van der Waals surface area (Å²) in [4.78, 5) is 5.58. The van der Waals surface area contributed by atoms with Crippen molar-refractivity contribution in [1.82, 2.24) is 4.98 Å². The molecule has 16 heavy (non-hydrogen) atoms. The molecule has 2 rings (SSSR count). The van der Waals surface area contributed by atoms with Gasteiger partial charge in [0.1, 0.15) is 0 Å². The molecule has 0 aliphatic heterocycles. The summed E-state index contributed by atoms with van der Waals surface area (Å²) in [5.41, 5.74) is 8.81. The van der Waals surface area contributed by atoms with Gasteiger partial charge in [0.2, 0.25) is 0 Å². The smallest absolute Gasteiger partial charge is 0.154 e. The Bertz CT molecular complexity index is 523. The molecule has 1 heterocycles. The van der Waals surface area contributed by atoms with Gasteiger partial charge in [-0.05, 0) is 47.5 Å². The maximum atomic E-state index is 5.83. The van der Waals surface area contributed by atoms with Crippen LogP contribution in [0.4, 0.5) is 5.69 Å². The standard InChI is InChI=1S/C11H11BrN2S2/c1-6-3-10(8(12)4-9(6)13)16-11-14-7(2)5-15-11/h3-5H,13H2,1-2H3. The summed E-state index contributed by atoms with van der Waals surface area (Å²) in [6.07, 6.45) is 0. The second-order valence-corrected chi connectivity index (χ2v) is 6.50. The van der Waals surface area contributed by atoms with E-state index >= 15 is 0 Å². The van der Waals surface area contributed by atoms with Crippen LogP contribution in [0.25, 0.3) is 0 Å². The first-order chi connectivity index (χ1) is 7.56. The van der Waals surface area contributed by atoms with Crippen LogP contribution in [0.3, 0.4) is 0 Å². The second kappa shape index (κ2) is 4.77. The topological polar surface area (TPSA) is 38.9 Å². The quantitative estimate of drug-likeness (QED) is 0.842. The molecule has 0 radical (unpaired) electrons. The Hall–Kier alpha value is -0.520. The molecule has 0 saturated heterocycles. The number of thiazole rings is 1. The highest BCUT2D eigenvalue weighted by atomic mass is 79.9. The monoisotopic (exact) mass is 314 g/mol. The van der Waals surface area contributed by atoms with Crippen LogP contribution >= 0.6 is 39.0 Å². The summed E-state index contributed by atoms with van der Waals surface area (Å²) < 4.78 is 2.08. The van der Waals surface area contributed by atoms with Gasteiger partial charge < -0.3 is 5.73 Å². The Morgan fingerprint density at radius 2 is 2.12 bits per heavy atom. The lowest BCUT2D eigenvalue weighted by Crippen LogP contribution is -1.90. The first-order valence-corrected chi connectivity index (χ1v) is 7.21. The number of rotatable bonds is 2. The van der Waals surface area contributed by atoms with Crippen molar-refractivity contribution in [1.29, 1.82) is 0 Å². The van der Waals surface area contributed by atoms with E-state index in [2.05, 4.69) is 32.4 Å². The molecule has 5 heteroatoms. The highest BCUT2D eigenvalue weighted by Gasteiger charge is 2.07. The molecule has 0 unspecified atom stereocenters. The zero-order valence-electron chi connectivity index (χ0n) is 8.95. The molecule has 0 spiro atoms. The number of hydrogen-bond donors (Lipinski definition) is 1. The molecule has 0 aliphatic rings. The molecular formula is C11H11BrN2S2. The molecule has 0 fully saturated rings. The van der Waals surface area contributed by atoms with E-state index in [4.69, 9.17) is 5.73 Å². The zero-order chi connectivity index (χ0) is 11.7. The first-order valence-electron chi connectivity index (χ1n) is 4.72. The van der Waals surface area contributed by atoms with Gasteiger partial charge in [-0.15, -0.1) is 11.3 Å². The summed E-state index contributed by atoms with van der Waals surface area (Å²) in [7, 11) is 0. The average Bonchev–Trinajstić information content (AvgIpc) is 2.60. The van der Waals surface area contributed by atoms with Gasteiger partial charge in [0, 0.05) is 26.1 Å². The van der Waals surface area contributed by atoms with Crippen LogP contribution in [0, 0.1) is 13.8 Å². The largest absolute Gasteiger partial charge is 0.398 e. The van der Waals surface area contributed by atoms with Crippen molar-refractivity contribution in [2.45, 2.75) is 23.1 Å². The number of aryl methyl sites for hydroxylation is 2. The Morgan fingerprint density at radius 1 is 1.38 bits per heavy atom. The third kappa shape index (κ3) is 2.59. The average molecular weight is 315 g/mol. The Balaban J connectivity index is 2.31. The number of hydrogen-bond acceptors (Lipinski definition) is 4. The Labute approximate surface area is 111 Å². The van der Waals surface area contributed by atoms with Crippen LogP contribution in [-0.4, -0.2) is 4.98 Å². The third-order valence-electron chi connectivity index (χ3n) is 2.12. The minimum Gasteiger partial charge on any atom is -0.398 e. The normalized spacial score (nSPS) is 10.7. The second-order valence-electron chi connectivity index (χ2n) is 3.50. The lowest BCUT2D eigenvalue weighted by atomic mass is 10.2. The van der Waals surface area contributed by atoms with E-state index in [1.807, 2.05) is 19.9 Å². The molecule has 1 aromatic heterocycles. The molecule has 2 N–H and O–H groups in total. The molecule has 0 atom stereocenters. The summed E-state index contributed by atoms with van der Waals surface area (Å²) in [6.45, 7) is 4.02. The number of halogens is 1. The van der Waals surface area contributed by atoms with Crippen LogP contribution < -0.4 is 5.73 Å². The Kier molecular flexibility index (Phi) is 3.56. The van der Waals surface area contributed by atoms with Crippen molar-refractivity contribution < 1.29 is 0 Å². The van der Waals surface area contributed by atoms with Gasteiger partial charge in [0.25, 0.3) is 0 Å². The van der Waals surface area contributed by atoms with Crippen molar-refractivity contribution in [3.05, 3.63) is 33.2 Å². The van der Waals surface area contributed by atoms with Gasteiger partial charge in [-0.3, -0.25) is 0 Å². The van der Waals surface area contributed by atoms with Crippen LogP contribution in [0.1, 0.15) is 11.3 Å². The molecule has 0 saturated carbocycles. The van der Waals surface area contributed by atoms with E-state index in [0.717, 1.165) is 30.7 Å². The van der Waals surface area contributed by atoms with Gasteiger partial charge >= 0.3 is 0 Å². The van der Waals surface area contributed by atoms with Crippen LogP contribution in [0.15, 0.2) is 31.2 Å².